The molecule has 3 nitrogen and oxygen atoms in total. The second-order valence-corrected chi connectivity index (χ2v) is 6.06. The van der Waals surface area contributed by atoms with E-state index in [9.17, 15) is 9.59 Å². The summed E-state index contributed by atoms with van der Waals surface area (Å²) in [5, 5.41) is 0. The monoisotopic (exact) mass is 246 g/mol. The Morgan fingerprint density at radius 3 is 2.83 bits per heavy atom. The first-order valence-electron chi connectivity index (χ1n) is 6.57. The molecule has 1 heterocycles. The Kier molecular flexibility index (Phi) is 2.31. The smallest absolute Gasteiger partial charge is 0.309 e. The maximum Gasteiger partial charge on any atom is 0.309 e. The zero-order valence-electron chi connectivity index (χ0n) is 10.8. The Labute approximate surface area is 107 Å². The summed E-state index contributed by atoms with van der Waals surface area (Å²) in [6, 6.07) is 0. The van der Waals surface area contributed by atoms with Crippen molar-refractivity contribution in [3.63, 3.8) is 0 Å². The van der Waals surface area contributed by atoms with Gasteiger partial charge in [-0.15, -0.1) is 0 Å². The minimum atomic E-state index is -0.433. The number of hydrogen-bond donors (Lipinski definition) is 0. The van der Waals surface area contributed by atoms with Crippen LogP contribution in [0.2, 0.25) is 0 Å². The Bertz CT molecular complexity index is 476. The fourth-order valence-electron chi connectivity index (χ4n) is 3.88. The topological polar surface area (TPSA) is 43.4 Å². The van der Waals surface area contributed by atoms with E-state index in [0.29, 0.717) is 0 Å². The van der Waals surface area contributed by atoms with Crippen molar-refractivity contribution < 1.29 is 14.3 Å². The van der Waals surface area contributed by atoms with E-state index in [1.165, 1.54) is 0 Å². The maximum atomic E-state index is 12.2. The van der Waals surface area contributed by atoms with E-state index in [-0.39, 0.29) is 35.6 Å². The lowest BCUT2D eigenvalue weighted by atomic mass is 9.56. The molecule has 0 unspecified atom stereocenters. The molecule has 3 rings (SSSR count). The zero-order valence-corrected chi connectivity index (χ0v) is 10.8. The third-order valence-electron chi connectivity index (χ3n) is 5.11. The van der Waals surface area contributed by atoms with Gasteiger partial charge in [0.1, 0.15) is 6.10 Å². The van der Waals surface area contributed by atoms with Crippen LogP contribution in [0.3, 0.4) is 0 Å². The summed E-state index contributed by atoms with van der Waals surface area (Å²) in [4.78, 5) is 23.9. The summed E-state index contributed by atoms with van der Waals surface area (Å²) in [6.45, 7) is 7.98. The number of carbonyl (C=O) groups excluding carboxylic acids is 2. The number of esters is 1. The number of hydrogen-bond acceptors (Lipinski definition) is 3. The standard InChI is InChI=1S/C15H18O3/c1-8-4-5-11(16)15(3)7-6-10-9(2)14(17)18-13(10)12(8)15/h4-5,9-10,12-13H,1,6-7H2,2-3H3/t9-,10-,12+,13-,15-/m0/s1. The van der Waals surface area contributed by atoms with Crippen LogP contribution < -0.4 is 0 Å². The third-order valence-corrected chi connectivity index (χ3v) is 5.11. The molecule has 0 amide bonds. The Morgan fingerprint density at radius 1 is 1.39 bits per heavy atom. The highest BCUT2D eigenvalue weighted by Gasteiger charge is 2.58. The van der Waals surface area contributed by atoms with Crippen LogP contribution in [0.5, 0.6) is 0 Å². The van der Waals surface area contributed by atoms with Crippen molar-refractivity contribution in [2.75, 3.05) is 0 Å². The molecule has 2 aliphatic carbocycles. The minimum absolute atomic E-state index is 0.0392. The van der Waals surface area contributed by atoms with Crippen molar-refractivity contribution in [2.24, 2.45) is 23.2 Å². The maximum absolute atomic E-state index is 12.2. The van der Waals surface area contributed by atoms with E-state index in [2.05, 4.69) is 6.58 Å². The first-order chi connectivity index (χ1) is 8.45. The fraction of sp³-hybridized carbons (Fsp3) is 0.600. The first kappa shape index (κ1) is 11.7. The summed E-state index contributed by atoms with van der Waals surface area (Å²) < 4.78 is 5.55. The summed E-state index contributed by atoms with van der Waals surface area (Å²) in [5.41, 5.74) is 0.492. The van der Waals surface area contributed by atoms with E-state index < -0.39 is 5.41 Å². The number of rotatable bonds is 0. The second kappa shape index (κ2) is 3.56. The van der Waals surface area contributed by atoms with Crippen LogP contribution in [-0.4, -0.2) is 17.9 Å². The van der Waals surface area contributed by atoms with Gasteiger partial charge < -0.3 is 4.74 Å². The van der Waals surface area contributed by atoms with Gasteiger partial charge in [-0.25, -0.2) is 0 Å². The summed E-state index contributed by atoms with van der Waals surface area (Å²) in [6.07, 6.45) is 4.96. The molecule has 0 spiro atoms. The molecule has 18 heavy (non-hydrogen) atoms. The van der Waals surface area contributed by atoms with Crippen LogP contribution in [-0.2, 0) is 14.3 Å². The summed E-state index contributed by atoms with van der Waals surface area (Å²) in [5.74, 6) is 0.181. The van der Waals surface area contributed by atoms with Gasteiger partial charge in [-0.2, -0.15) is 0 Å². The highest BCUT2D eigenvalue weighted by molar-refractivity contribution is 5.97. The van der Waals surface area contributed by atoms with Gasteiger partial charge >= 0.3 is 5.97 Å². The molecule has 0 bridgehead atoms. The normalized spacial score (nSPS) is 46.7. The molecule has 5 atom stereocenters. The van der Waals surface area contributed by atoms with Crippen molar-refractivity contribution in [3.8, 4) is 0 Å². The number of carbonyl (C=O) groups is 2. The third kappa shape index (κ3) is 1.30. The van der Waals surface area contributed by atoms with Gasteiger partial charge in [-0.3, -0.25) is 9.59 Å². The molecule has 3 heteroatoms. The lowest BCUT2D eigenvalue weighted by Gasteiger charge is -2.47. The molecule has 1 aliphatic heterocycles. The number of ether oxygens (including phenoxy) is 1. The molecule has 0 N–H and O–H groups in total. The molecular weight excluding hydrogens is 228 g/mol. The van der Waals surface area contributed by atoms with Crippen molar-refractivity contribution in [2.45, 2.75) is 32.8 Å². The zero-order chi connectivity index (χ0) is 13.1. The van der Waals surface area contributed by atoms with E-state index in [1.807, 2.05) is 13.8 Å². The molecular formula is C15H18O3. The van der Waals surface area contributed by atoms with Crippen LogP contribution in [0.25, 0.3) is 0 Å². The number of ketones is 1. The molecule has 1 saturated heterocycles. The van der Waals surface area contributed by atoms with Crippen LogP contribution in [0.1, 0.15) is 26.7 Å². The number of fused-ring (bicyclic) bond motifs is 3. The van der Waals surface area contributed by atoms with Crippen LogP contribution in [0.15, 0.2) is 24.3 Å². The van der Waals surface area contributed by atoms with Crippen LogP contribution >= 0.6 is 0 Å². The highest BCUT2D eigenvalue weighted by Crippen LogP contribution is 2.54. The molecule has 96 valence electrons. The van der Waals surface area contributed by atoms with Gasteiger partial charge in [0, 0.05) is 17.3 Å². The summed E-state index contributed by atoms with van der Waals surface area (Å²) in [7, 11) is 0. The molecule has 0 aromatic carbocycles. The highest BCUT2D eigenvalue weighted by atomic mass is 16.6. The van der Waals surface area contributed by atoms with Gasteiger partial charge in [0.15, 0.2) is 5.78 Å². The Hall–Kier alpha value is -1.38. The quantitative estimate of drug-likeness (QED) is 0.616. The predicted octanol–water partition coefficient (Wildman–Crippen LogP) is 2.28. The van der Waals surface area contributed by atoms with Crippen molar-refractivity contribution >= 4 is 11.8 Å². The minimum Gasteiger partial charge on any atom is -0.461 e. The molecule has 1 saturated carbocycles. The van der Waals surface area contributed by atoms with Gasteiger partial charge in [-0.05, 0) is 24.5 Å². The van der Waals surface area contributed by atoms with E-state index in [1.54, 1.807) is 12.2 Å². The summed E-state index contributed by atoms with van der Waals surface area (Å²) >= 11 is 0. The van der Waals surface area contributed by atoms with Gasteiger partial charge in [-0.1, -0.05) is 26.5 Å². The van der Waals surface area contributed by atoms with Crippen molar-refractivity contribution in [1.82, 2.24) is 0 Å². The second-order valence-electron chi connectivity index (χ2n) is 6.06. The van der Waals surface area contributed by atoms with Crippen molar-refractivity contribution in [3.05, 3.63) is 24.3 Å². The lowest BCUT2D eigenvalue weighted by molar-refractivity contribution is -0.150. The van der Waals surface area contributed by atoms with Crippen LogP contribution in [0.4, 0.5) is 0 Å². The molecule has 3 aliphatic rings. The fourth-order valence-corrected chi connectivity index (χ4v) is 3.88. The van der Waals surface area contributed by atoms with Crippen molar-refractivity contribution in [1.29, 1.82) is 0 Å². The van der Waals surface area contributed by atoms with E-state index >= 15 is 0 Å². The van der Waals surface area contributed by atoms with E-state index in [4.69, 9.17) is 4.74 Å². The lowest BCUT2D eigenvalue weighted by Crippen LogP contribution is -2.50. The number of allylic oxidation sites excluding steroid dienone is 2. The Balaban J connectivity index is 2.04. The van der Waals surface area contributed by atoms with Gasteiger partial charge in [0.2, 0.25) is 0 Å². The Morgan fingerprint density at radius 2 is 2.11 bits per heavy atom. The average molecular weight is 246 g/mol. The molecule has 0 aromatic heterocycles. The van der Waals surface area contributed by atoms with Gasteiger partial charge in [0.05, 0.1) is 5.92 Å². The molecule has 0 radical (unpaired) electrons. The first-order valence-corrected chi connectivity index (χ1v) is 6.57. The largest absolute Gasteiger partial charge is 0.461 e. The van der Waals surface area contributed by atoms with E-state index in [0.717, 1.165) is 18.4 Å². The molecule has 2 fully saturated rings. The SMILES string of the molecule is C=C1C=CC(=O)[C@]2(C)CC[C@@H]3[C@H](OC(=O)[C@H]3C)[C@@H]12. The van der Waals surface area contributed by atoms with Crippen LogP contribution in [0, 0.1) is 23.2 Å². The predicted molar refractivity (Wildman–Crippen MR) is 66.7 cm³/mol. The van der Waals surface area contributed by atoms with Gasteiger partial charge in [0.25, 0.3) is 0 Å². The average Bonchev–Trinajstić information content (AvgIpc) is 2.60. The molecule has 0 aromatic rings.